The van der Waals surface area contributed by atoms with E-state index in [9.17, 15) is 13.2 Å². The van der Waals surface area contributed by atoms with Gasteiger partial charge in [0, 0.05) is 10.7 Å². The summed E-state index contributed by atoms with van der Waals surface area (Å²) in [7, 11) is 0. The molecule has 0 spiro atoms. The van der Waals surface area contributed by atoms with E-state index in [2.05, 4.69) is 20.9 Å². The molecular weight excluding hydrogens is 261 g/mol. The second-order valence-electron chi connectivity index (χ2n) is 2.71. The zero-order chi connectivity index (χ0) is 10.3. The lowest BCUT2D eigenvalue weighted by Gasteiger charge is -2.05. The quantitative estimate of drug-likeness (QED) is 0.715. The first-order valence-electron chi connectivity index (χ1n) is 3.68. The molecule has 0 saturated heterocycles. The summed E-state index contributed by atoms with van der Waals surface area (Å²) in [6.07, 6.45) is -2.22. The molecule has 0 aliphatic heterocycles. The molecule has 0 amide bonds. The van der Waals surface area contributed by atoms with Crippen molar-refractivity contribution in [1.29, 1.82) is 0 Å². The molecule has 0 N–H and O–H groups in total. The van der Waals surface area contributed by atoms with E-state index >= 15 is 0 Å². The Bertz CT molecular complexity index is 475. The average Bonchev–Trinajstić information content (AvgIpc) is 2.45. The Morgan fingerprint density at radius 1 is 1.36 bits per heavy atom. The highest BCUT2D eigenvalue weighted by molar-refractivity contribution is 9.10. The van der Waals surface area contributed by atoms with Crippen LogP contribution in [0.25, 0.3) is 5.65 Å². The third kappa shape index (κ3) is 1.50. The Morgan fingerprint density at radius 2 is 2.07 bits per heavy atom. The monoisotopic (exact) mass is 264 g/mol. The normalized spacial score (nSPS) is 12.3. The van der Waals surface area contributed by atoms with E-state index in [1.807, 2.05) is 0 Å². The molecule has 0 saturated carbocycles. The zero-order valence-electron chi connectivity index (χ0n) is 6.72. The van der Waals surface area contributed by atoms with Crippen molar-refractivity contribution in [2.24, 2.45) is 0 Å². The van der Waals surface area contributed by atoms with Crippen LogP contribution in [0.5, 0.6) is 0 Å². The molecule has 6 heteroatoms. The van der Waals surface area contributed by atoms with Crippen LogP contribution in [0.15, 0.2) is 29.0 Å². The summed E-state index contributed by atoms with van der Waals surface area (Å²) in [4.78, 5) is 3.66. The predicted octanol–water partition coefficient (Wildman–Crippen LogP) is 3.12. The SMILES string of the molecule is FC(F)(F)c1cnc2cc(Br)ccn12. The van der Waals surface area contributed by atoms with Gasteiger partial charge in [0.15, 0.2) is 0 Å². The second kappa shape index (κ2) is 2.98. The fraction of sp³-hybridized carbons (Fsp3) is 0.125. The molecule has 2 nitrogen and oxygen atoms in total. The highest BCUT2D eigenvalue weighted by Gasteiger charge is 2.34. The van der Waals surface area contributed by atoms with Crippen molar-refractivity contribution in [3.05, 3.63) is 34.7 Å². The standard InChI is InChI=1S/C8H4BrF3N2/c9-5-1-2-14-6(8(10,11)12)4-13-7(14)3-5/h1-4H. The van der Waals surface area contributed by atoms with E-state index in [1.165, 1.54) is 18.3 Å². The Kier molecular flexibility index (Phi) is 2.02. The van der Waals surface area contributed by atoms with Crippen LogP contribution in [0, 0.1) is 0 Å². The van der Waals surface area contributed by atoms with Crippen molar-refractivity contribution >= 4 is 21.6 Å². The van der Waals surface area contributed by atoms with Crippen LogP contribution in [0.2, 0.25) is 0 Å². The molecule has 0 unspecified atom stereocenters. The van der Waals surface area contributed by atoms with Gasteiger partial charge in [0.2, 0.25) is 0 Å². The summed E-state index contributed by atoms with van der Waals surface area (Å²) in [5.41, 5.74) is -0.494. The Labute approximate surface area is 85.5 Å². The third-order valence-corrected chi connectivity index (χ3v) is 2.26. The van der Waals surface area contributed by atoms with Gasteiger partial charge in [0.25, 0.3) is 0 Å². The van der Waals surface area contributed by atoms with Gasteiger partial charge in [-0.15, -0.1) is 0 Å². The van der Waals surface area contributed by atoms with Crippen LogP contribution >= 0.6 is 15.9 Å². The van der Waals surface area contributed by atoms with Crippen LogP contribution in [0.4, 0.5) is 13.2 Å². The topological polar surface area (TPSA) is 17.3 Å². The molecular formula is C8H4BrF3N2. The number of fused-ring (bicyclic) bond motifs is 1. The minimum atomic E-state index is -4.37. The van der Waals surface area contributed by atoms with Crippen LogP contribution < -0.4 is 0 Å². The molecule has 0 aromatic carbocycles. The minimum Gasteiger partial charge on any atom is -0.296 e. The first-order chi connectivity index (χ1) is 6.48. The molecule has 2 heterocycles. The van der Waals surface area contributed by atoms with E-state index in [4.69, 9.17) is 0 Å². The Morgan fingerprint density at radius 3 is 2.71 bits per heavy atom. The molecule has 0 aliphatic carbocycles. The molecule has 14 heavy (non-hydrogen) atoms. The van der Waals surface area contributed by atoms with Gasteiger partial charge in [-0.3, -0.25) is 4.40 Å². The number of alkyl halides is 3. The fourth-order valence-electron chi connectivity index (χ4n) is 1.17. The summed E-state index contributed by atoms with van der Waals surface area (Å²) in [5, 5.41) is 0. The summed E-state index contributed by atoms with van der Waals surface area (Å²) in [5.74, 6) is 0. The van der Waals surface area contributed by atoms with E-state index < -0.39 is 11.9 Å². The van der Waals surface area contributed by atoms with Gasteiger partial charge in [-0.2, -0.15) is 13.2 Å². The first-order valence-corrected chi connectivity index (χ1v) is 4.47. The molecule has 0 atom stereocenters. The Hall–Kier alpha value is -1.04. The number of imidazole rings is 1. The van der Waals surface area contributed by atoms with Crippen molar-refractivity contribution < 1.29 is 13.2 Å². The van der Waals surface area contributed by atoms with Crippen molar-refractivity contribution in [3.8, 4) is 0 Å². The number of aromatic nitrogens is 2. The maximum Gasteiger partial charge on any atom is 0.433 e. The third-order valence-electron chi connectivity index (χ3n) is 1.77. The highest BCUT2D eigenvalue weighted by Crippen LogP contribution is 2.30. The van der Waals surface area contributed by atoms with Crippen LogP contribution in [0.3, 0.4) is 0 Å². The molecule has 74 valence electrons. The molecule has 2 aromatic heterocycles. The second-order valence-corrected chi connectivity index (χ2v) is 3.63. The molecule has 0 radical (unpaired) electrons. The summed E-state index contributed by atoms with van der Waals surface area (Å²) in [6.45, 7) is 0. The van der Waals surface area contributed by atoms with Crippen LogP contribution in [-0.2, 0) is 6.18 Å². The van der Waals surface area contributed by atoms with E-state index in [-0.39, 0.29) is 5.65 Å². The van der Waals surface area contributed by atoms with Crippen molar-refractivity contribution in [2.75, 3.05) is 0 Å². The lowest BCUT2D eigenvalue weighted by molar-refractivity contribution is -0.141. The van der Waals surface area contributed by atoms with E-state index in [0.29, 0.717) is 4.47 Å². The number of nitrogens with zero attached hydrogens (tertiary/aromatic N) is 2. The Balaban J connectivity index is 2.70. The van der Waals surface area contributed by atoms with Crippen LogP contribution in [-0.4, -0.2) is 9.38 Å². The van der Waals surface area contributed by atoms with E-state index in [1.54, 1.807) is 0 Å². The maximum atomic E-state index is 12.4. The van der Waals surface area contributed by atoms with E-state index in [0.717, 1.165) is 10.6 Å². The number of pyridine rings is 1. The number of rotatable bonds is 0. The van der Waals surface area contributed by atoms with Crippen LogP contribution in [0.1, 0.15) is 5.69 Å². The van der Waals surface area contributed by atoms with Gasteiger partial charge in [0.05, 0.1) is 6.20 Å². The van der Waals surface area contributed by atoms with Gasteiger partial charge < -0.3 is 0 Å². The van der Waals surface area contributed by atoms with Gasteiger partial charge in [0.1, 0.15) is 11.3 Å². The van der Waals surface area contributed by atoms with Gasteiger partial charge >= 0.3 is 6.18 Å². The largest absolute Gasteiger partial charge is 0.433 e. The van der Waals surface area contributed by atoms with Crippen molar-refractivity contribution in [1.82, 2.24) is 9.38 Å². The number of halogens is 4. The lowest BCUT2D eigenvalue weighted by atomic mass is 10.4. The first kappa shape index (κ1) is 9.51. The molecule has 0 fully saturated rings. The van der Waals surface area contributed by atoms with Crippen molar-refractivity contribution in [3.63, 3.8) is 0 Å². The summed E-state index contributed by atoms with van der Waals surface area (Å²) >= 11 is 3.16. The summed E-state index contributed by atoms with van der Waals surface area (Å²) < 4.78 is 38.8. The fourth-order valence-corrected chi connectivity index (χ4v) is 1.49. The number of hydrogen-bond acceptors (Lipinski definition) is 1. The summed E-state index contributed by atoms with van der Waals surface area (Å²) in [6, 6.07) is 3.05. The minimum absolute atomic E-state index is 0.270. The molecule has 2 aromatic rings. The molecule has 0 aliphatic rings. The smallest absolute Gasteiger partial charge is 0.296 e. The zero-order valence-corrected chi connectivity index (χ0v) is 8.30. The predicted molar refractivity (Wildman–Crippen MR) is 47.9 cm³/mol. The number of hydrogen-bond donors (Lipinski definition) is 0. The molecule has 0 bridgehead atoms. The molecule has 2 rings (SSSR count). The van der Waals surface area contributed by atoms with Gasteiger partial charge in [-0.05, 0) is 12.1 Å². The van der Waals surface area contributed by atoms with Crippen molar-refractivity contribution in [2.45, 2.75) is 6.18 Å². The van der Waals surface area contributed by atoms with Gasteiger partial charge in [-0.1, -0.05) is 15.9 Å². The highest BCUT2D eigenvalue weighted by atomic mass is 79.9. The average molecular weight is 265 g/mol. The lowest BCUT2D eigenvalue weighted by Crippen LogP contribution is -2.08. The van der Waals surface area contributed by atoms with Gasteiger partial charge in [-0.25, -0.2) is 4.98 Å². The maximum absolute atomic E-state index is 12.4.